The molecule has 3 aromatic carbocycles. The Morgan fingerprint density at radius 1 is 0.938 bits per heavy atom. The van der Waals surface area contributed by atoms with Crippen molar-refractivity contribution in [1.29, 1.82) is 0 Å². The molecule has 4 aromatic rings. The van der Waals surface area contributed by atoms with Crippen LogP contribution in [0.15, 0.2) is 102 Å². The average Bonchev–Trinajstić information content (AvgIpc) is 3.38. The maximum Gasteiger partial charge on any atom is 0.273 e. The second-order valence-electron chi connectivity index (χ2n) is 6.96. The van der Waals surface area contributed by atoms with Gasteiger partial charge in [-0.05, 0) is 42.0 Å². The van der Waals surface area contributed by atoms with E-state index in [1.165, 1.54) is 0 Å². The van der Waals surface area contributed by atoms with Crippen molar-refractivity contribution in [3.8, 4) is 17.2 Å². The summed E-state index contributed by atoms with van der Waals surface area (Å²) in [4.78, 5) is 12.8. The first-order valence-corrected chi connectivity index (χ1v) is 10.2. The number of rotatable bonds is 8. The fourth-order valence-electron chi connectivity index (χ4n) is 3.29. The van der Waals surface area contributed by atoms with Gasteiger partial charge in [0, 0.05) is 18.0 Å². The van der Waals surface area contributed by atoms with Crippen LogP contribution in [-0.2, 0) is 6.61 Å². The lowest BCUT2D eigenvalue weighted by Gasteiger charge is -2.13. The van der Waals surface area contributed by atoms with Gasteiger partial charge in [-0.25, -0.2) is 5.43 Å². The molecule has 0 radical (unpaired) electrons. The monoisotopic (exact) mass is 425 g/mol. The molecule has 0 saturated heterocycles. The van der Waals surface area contributed by atoms with Crippen LogP contribution in [0, 0.1) is 0 Å². The predicted molar refractivity (Wildman–Crippen MR) is 125 cm³/mol. The van der Waals surface area contributed by atoms with E-state index >= 15 is 0 Å². The van der Waals surface area contributed by atoms with E-state index in [-0.39, 0.29) is 5.91 Å². The zero-order valence-corrected chi connectivity index (χ0v) is 17.6. The molecule has 0 unspecified atom stereocenters. The molecule has 1 amide bonds. The molecule has 1 N–H and O–H groups in total. The maximum absolute atomic E-state index is 12.8. The number of amides is 1. The van der Waals surface area contributed by atoms with Crippen LogP contribution in [0.3, 0.4) is 0 Å². The molecule has 0 fully saturated rings. The van der Waals surface area contributed by atoms with E-state index in [1.54, 1.807) is 19.4 Å². The number of hydrogen-bond acceptors (Lipinski definition) is 4. The molecule has 6 nitrogen and oxygen atoms in total. The summed E-state index contributed by atoms with van der Waals surface area (Å²) in [5, 5.41) is 4.16. The van der Waals surface area contributed by atoms with E-state index < -0.39 is 0 Å². The maximum atomic E-state index is 12.8. The smallest absolute Gasteiger partial charge is 0.273 e. The number of nitrogens with zero attached hydrogens (tertiary/aromatic N) is 2. The highest BCUT2D eigenvalue weighted by molar-refractivity contribution is 5.98. The molecule has 0 aliphatic heterocycles. The van der Waals surface area contributed by atoms with Crippen LogP contribution in [0.1, 0.15) is 21.5 Å². The fraction of sp³-hybridized carbons (Fsp3) is 0.0769. The van der Waals surface area contributed by atoms with Crippen molar-refractivity contribution >= 4 is 12.1 Å². The first-order chi connectivity index (χ1) is 15.8. The van der Waals surface area contributed by atoms with E-state index in [0.717, 1.165) is 11.3 Å². The van der Waals surface area contributed by atoms with E-state index in [4.69, 9.17) is 9.47 Å². The number of carbonyl (C=O) groups is 1. The predicted octanol–water partition coefficient (Wildman–Crippen LogP) is 4.83. The Bertz CT molecular complexity index is 1200. The van der Waals surface area contributed by atoms with Crippen molar-refractivity contribution in [2.75, 3.05) is 7.11 Å². The molecule has 160 valence electrons. The van der Waals surface area contributed by atoms with Crippen LogP contribution in [0.25, 0.3) is 5.69 Å². The lowest BCUT2D eigenvalue weighted by molar-refractivity contribution is 0.0955. The van der Waals surface area contributed by atoms with Gasteiger partial charge in [-0.2, -0.15) is 5.10 Å². The molecule has 1 heterocycles. The van der Waals surface area contributed by atoms with Gasteiger partial charge in [-0.15, -0.1) is 0 Å². The highest BCUT2D eigenvalue weighted by Gasteiger charge is 2.12. The number of ether oxygens (including phenoxy) is 2. The molecule has 0 saturated carbocycles. The standard InChI is InChI=1S/C26H23N3O3/c1-31-24-15-9-12-21(25(24)32-19-20-10-3-2-4-11-20)18-27-28-26(30)22-13-5-6-14-23(22)29-16-7-8-17-29/h2-18H,19H2,1H3,(H,28,30). The Labute approximate surface area is 186 Å². The van der Waals surface area contributed by atoms with E-state index in [9.17, 15) is 4.79 Å². The summed E-state index contributed by atoms with van der Waals surface area (Å²) in [7, 11) is 1.59. The number of benzene rings is 3. The number of nitrogens with one attached hydrogen (secondary N) is 1. The quantitative estimate of drug-likeness (QED) is 0.325. The molecule has 0 atom stereocenters. The Morgan fingerprint density at radius 3 is 2.47 bits per heavy atom. The Kier molecular flexibility index (Phi) is 6.63. The summed E-state index contributed by atoms with van der Waals surface area (Å²) in [6, 6.07) is 26.6. The second kappa shape index (κ2) is 10.1. The summed E-state index contributed by atoms with van der Waals surface area (Å²) in [5.74, 6) is 0.846. The summed E-state index contributed by atoms with van der Waals surface area (Å²) in [5.41, 5.74) is 5.64. The lowest BCUT2D eigenvalue weighted by Crippen LogP contribution is -2.19. The summed E-state index contributed by atoms with van der Waals surface area (Å²) in [6.45, 7) is 0.388. The zero-order chi connectivity index (χ0) is 22.2. The van der Waals surface area contributed by atoms with Crippen molar-refractivity contribution in [1.82, 2.24) is 9.99 Å². The summed E-state index contributed by atoms with van der Waals surface area (Å²) < 4.78 is 13.4. The van der Waals surface area contributed by atoms with Crippen molar-refractivity contribution < 1.29 is 14.3 Å². The van der Waals surface area contributed by atoms with Gasteiger partial charge in [0.25, 0.3) is 5.91 Å². The molecule has 0 aliphatic carbocycles. The topological polar surface area (TPSA) is 64.8 Å². The van der Waals surface area contributed by atoms with E-state index in [1.807, 2.05) is 95.8 Å². The van der Waals surface area contributed by atoms with Gasteiger partial charge in [0.05, 0.1) is 24.6 Å². The van der Waals surface area contributed by atoms with Gasteiger partial charge in [-0.1, -0.05) is 48.5 Å². The first kappa shape index (κ1) is 20.9. The van der Waals surface area contributed by atoms with E-state index in [2.05, 4.69) is 10.5 Å². The van der Waals surface area contributed by atoms with Crippen LogP contribution >= 0.6 is 0 Å². The minimum atomic E-state index is -0.305. The number of hydrazone groups is 1. The van der Waals surface area contributed by atoms with Crippen LogP contribution in [-0.4, -0.2) is 23.8 Å². The third-order valence-corrected chi connectivity index (χ3v) is 4.86. The third-order valence-electron chi connectivity index (χ3n) is 4.86. The molecule has 6 heteroatoms. The molecule has 4 rings (SSSR count). The van der Waals surface area contributed by atoms with Crippen molar-refractivity contribution in [2.45, 2.75) is 6.61 Å². The zero-order valence-electron chi connectivity index (χ0n) is 17.6. The molecule has 0 aliphatic rings. The van der Waals surface area contributed by atoms with Crippen LogP contribution < -0.4 is 14.9 Å². The van der Waals surface area contributed by atoms with Gasteiger partial charge >= 0.3 is 0 Å². The normalized spacial score (nSPS) is 10.8. The van der Waals surface area contributed by atoms with Gasteiger partial charge in [0.15, 0.2) is 11.5 Å². The van der Waals surface area contributed by atoms with Crippen LogP contribution in [0.5, 0.6) is 11.5 Å². The van der Waals surface area contributed by atoms with Crippen LogP contribution in [0.2, 0.25) is 0 Å². The largest absolute Gasteiger partial charge is 0.493 e. The number of hydrogen-bond donors (Lipinski definition) is 1. The summed E-state index contributed by atoms with van der Waals surface area (Å²) >= 11 is 0. The second-order valence-corrected chi connectivity index (χ2v) is 6.96. The highest BCUT2D eigenvalue weighted by atomic mass is 16.5. The number of methoxy groups -OCH3 is 1. The molecule has 32 heavy (non-hydrogen) atoms. The van der Waals surface area contributed by atoms with Gasteiger partial charge in [0.2, 0.25) is 0 Å². The average molecular weight is 425 g/mol. The molecular formula is C26H23N3O3. The minimum Gasteiger partial charge on any atom is -0.493 e. The Morgan fingerprint density at radius 2 is 1.69 bits per heavy atom. The first-order valence-electron chi connectivity index (χ1n) is 10.2. The van der Waals surface area contributed by atoms with Gasteiger partial charge in [-0.3, -0.25) is 4.79 Å². The summed E-state index contributed by atoms with van der Waals surface area (Å²) in [6.07, 6.45) is 5.34. The number of para-hydroxylation sites is 2. The lowest BCUT2D eigenvalue weighted by atomic mass is 10.1. The van der Waals surface area contributed by atoms with Gasteiger partial charge in [0.1, 0.15) is 6.61 Å². The Balaban J connectivity index is 1.51. The SMILES string of the molecule is COc1cccc(C=NNC(=O)c2ccccc2-n2cccc2)c1OCc1ccccc1. The van der Waals surface area contributed by atoms with E-state index in [0.29, 0.717) is 29.2 Å². The molecule has 1 aromatic heterocycles. The van der Waals surface area contributed by atoms with Crippen molar-refractivity contribution in [3.63, 3.8) is 0 Å². The molecule has 0 spiro atoms. The van der Waals surface area contributed by atoms with Crippen molar-refractivity contribution in [2.24, 2.45) is 5.10 Å². The molecular weight excluding hydrogens is 402 g/mol. The minimum absolute atomic E-state index is 0.305. The van der Waals surface area contributed by atoms with Crippen molar-refractivity contribution in [3.05, 3.63) is 114 Å². The number of aromatic nitrogens is 1. The fourth-order valence-corrected chi connectivity index (χ4v) is 3.29. The van der Waals surface area contributed by atoms with Gasteiger partial charge < -0.3 is 14.0 Å². The molecule has 0 bridgehead atoms. The third kappa shape index (κ3) is 4.87. The van der Waals surface area contributed by atoms with Crippen LogP contribution in [0.4, 0.5) is 0 Å². The Hall–Kier alpha value is -4.32. The highest BCUT2D eigenvalue weighted by Crippen LogP contribution is 2.30. The number of carbonyl (C=O) groups excluding carboxylic acids is 1.